The van der Waals surface area contributed by atoms with Crippen molar-refractivity contribution in [3.63, 3.8) is 0 Å². The molecule has 0 aliphatic carbocycles. The van der Waals surface area contributed by atoms with Crippen LogP contribution in [0, 0.1) is 24.5 Å². The van der Waals surface area contributed by atoms with E-state index < -0.39 is 11.6 Å². The second-order valence-corrected chi connectivity index (χ2v) is 4.91. The molecule has 0 N–H and O–H groups in total. The summed E-state index contributed by atoms with van der Waals surface area (Å²) in [7, 11) is 0. The molecule has 5 heteroatoms. The molecule has 1 saturated heterocycles. The molecule has 92 valence electrons. The number of rotatable bonds is 2. The molecule has 1 unspecified atom stereocenters. The van der Waals surface area contributed by atoms with Crippen molar-refractivity contribution in [3.8, 4) is 0 Å². The lowest BCUT2D eigenvalue weighted by Crippen LogP contribution is -2.25. The third-order valence-electron chi connectivity index (χ3n) is 3.00. The SMILES string of the molecule is Cc1c(F)cc(N2CC(CBr)CC2=O)cc1F. The van der Waals surface area contributed by atoms with Gasteiger partial charge in [0.2, 0.25) is 5.91 Å². The van der Waals surface area contributed by atoms with Crippen molar-refractivity contribution in [1.29, 1.82) is 0 Å². The van der Waals surface area contributed by atoms with Crippen molar-refractivity contribution in [1.82, 2.24) is 0 Å². The average molecular weight is 304 g/mol. The van der Waals surface area contributed by atoms with E-state index in [1.807, 2.05) is 0 Å². The number of nitrogens with zero attached hydrogens (tertiary/aromatic N) is 1. The molecule has 0 spiro atoms. The van der Waals surface area contributed by atoms with Gasteiger partial charge in [0.15, 0.2) is 0 Å². The fourth-order valence-electron chi connectivity index (χ4n) is 1.92. The number of alkyl halides is 1. The third-order valence-corrected chi connectivity index (χ3v) is 3.92. The lowest BCUT2D eigenvalue weighted by Gasteiger charge is -2.17. The first-order chi connectivity index (χ1) is 8.02. The van der Waals surface area contributed by atoms with Crippen LogP contribution in [0.5, 0.6) is 0 Å². The van der Waals surface area contributed by atoms with Crippen molar-refractivity contribution >= 4 is 27.5 Å². The van der Waals surface area contributed by atoms with E-state index in [0.717, 1.165) is 0 Å². The first-order valence-electron chi connectivity index (χ1n) is 5.35. The molecular weight excluding hydrogens is 292 g/mol. The van der Waals surface area contributed by atoms with Gasteiger partial charge in [0.05, 0.1) is 0 Å². The molecule has 0 radical (unpaired) electrons. The van der Waals surface area contributed by atoms with E-state index in [-0.39, 0.29) is 17.4 Å². The summed E-state index contributed by atoms with van der Waals surface area (Å²) in [4.78, 5) is 13.2. The predicted octanol–water partition coefficient (Wildman–Crippen LogP) is 3.02. The Morgan fingerprint density at radius 1 is 1.41 bits per heavy atom. The van der Waals surface area contributed by atoms with Gasteiger partial charge in [0.1, 0.15) is 11.6 Å². The number of halogens is 3. The summed E-state index contributed by atoms with van der Waals surface area (Å²) in [5.74, 6) is -1.11. The number of anilines is 1. The van der Waals surface area contributed by atoms with Crippen LogP contribution >= 0.6 is 15.9 Å². The number of amides is 1. The Balaban J connectivity index is 2.32. The van der Waals surface area contributed by atoms with Gasteiger partial charge in [-0.3, -0.25) is 4.79 Å². The van der Waals surface area contributed by atoms with Crippen molar-refractivity contribution in [2.24, 2.45) is 5.92 Å². The van der Waals surface area contributed by atoms with Gasteiger partial charge in [-0.25, -0.2) is 8.78 Å². The molecule has 1 atom stereocenters. The summed E-state index contributed by atoms with van der Waals surface area (Å²) >= 11 is 3.32. The second kappa shape index (κ2) is 4.72. The minimum absolute atomic E-state index is 0.0163. The molecule has 1 aromatic rings. The van der Waals surface area contributed by atoms with E-state index >= 15 is 0 Å². The standard InChI is InChI=1S/C12H12BrF2NO/c1-7-10(14)3-9(4-11(7)15)16-6-8(5-13)2-12(16)17/h3-4,8H,2,5-6H2,1H3. The minimum Gasteiger partial charge on any atom is -0.312 e. The van der Waals surface area contributed by atoms with Gasteiger partial charge in [-0.2, -0.15) is 0 Å². The molecule has 1 amide bonds. The van der Waals surface area contributed by atoms with Gasteiger partial charge < -0.3 is 4.90 Å². The van der Waals surface area contributed by atoms with Gasteiger partial charge >= 0.3 is 0 Å². The largest absolute Gasteiger partial charge is 0.312 e. The zero-order valence-electron chi connectivity index (χ0n) is 9.34. The number of carbonyl (C=O) groups is 1. The number of hydrogen-bond donors (Lipinski definition) is 0. The van der Waals surface area contributed by atoms with Crippen LogP contribution in [0.3, 0.4) is 0 Å². The smallest absolute Gasteiger partial charge is 0.227 e. The molecule has 17 heavy (non-hydrogen) atoms. The highest BCUT2D eigenvalue weighted by Gasteiger charge is 2.30. The second-order valence-electron chi connectivity index (χ2n) is 4.26. The predicted molar refractivity (Wildman–Crippen MR) is 65.3 cm³/mol. The molecule has 0 aromatic heterocycles. The Morgan fingerprint density at radius 3 is 2.47 bits per heavy atom. The van der Waals surface area contributed by atoms with Crippen LogP contribution in [-0.4, -0.2) is 17.8 Å². The first kappa shape index (κ1) is 12.5. The van der Waals surface area contributed by atoms with E-state index in [9.17, 15) is 13.6 Å². The maximum absolute atomic E-state index is 13.4. The maximum Gasteiger partial charge on any atom is 0.227 e. The molecule has 0 saturated carbocycles. The van der Waals surface area contributed by atoms with Crippen LogP contribution in [0.15, 0.2) is 12.1 Å². The van der Waals surface area contributed by atoms with Crippen molar-refractivity contribution < 1.29 is 13.6 Å². The lowest BCUT2D eigenvalue weighted by molar-refractivity contribution is -0.117. The molecule has 2 rings (SSSR count). The zero-order chi connectivity index (χ0) is 12.6. The van der Waals surface area contributed by atoms with Crippen LogP contribution in [0.1, 0.15) is 12.0 Å². The minimum atomic E-state index is -0.616. The Labute approximate surface area is 107 Å². The van der Waals surface area contributed by atoms with E-state index in [2.05, 4.69) is 15.9 Å². The Kier molecular flexibility index (Phi) is 3.47. The highest BCUT2D eigenvalue weighted by molar-refractivity contribution is 9.09. The highest BCUT2D eigenvalue weighted by Crippen LogP contribution is 2.28. The summed E-state index contributed by atoms with van der Waals surface area (Å²) < 4.78 is 26.8. The van der Waals surface area contributed by atoms with Gasteiger partial charge in [0.25, 0.3) is 0 Å². The van der Waals surface area contributed by atoms with Crippen molar-refractivity contribution in [2.75, 3.05) is 16.8 Å². The molecule has 0 bridgehead atoms. The lowest BCUT2D eigenvalue weighted by atomic mass is 10.1. The molecule has 1 aromatic carbocycles. The van der Waals surface area contributed by atoms with Crippen LogP contribution in [0.25, 0.3) is 0 Å². The summed E-state index contributed by atoms with van der Waals surface area (Å²) in [5, 5.41) is 0.714. The molecule has 1 aliphatic rings. The quantitative estimate of drug-likeness (QED) is 0.769. The van der Waals surface area contributed by atoms with E-state index in [0.29, 0.717) is 24.0 Å². The fourth-order valence-corrected chi connectivity index (χ4v) is 2.36. The fraction of sp³-hybridized carbons (Fsp3) is 0.417. The highest BCUT2D eigenvalue weighted by atomic mass is 79.9. The maximum atomic E-state index is 13.4. The normalized spacial score (nSPS) is 20.1. The number of hydrogen-bond acceptors (Lipinski definition) is 1. The summed E-state index contributed by atoms with van der Waals surface area (Å²) in [6.07, 6.45) is 0.419. The number of benzene rings is 1. The van der Waals surface area contributed by atoms with E-state index in [4.69, 9.17) is 0 Å². The van der Waals surface area contributed by atoms with Crippen LogP contribution in [-0.2, 0) is 4.79 Å². The first-order valence-corrected chi connectivity index (χ1v) is 6.47. The average Bonchev–Trinajstić information content (AvgIpc) is 2.67. The van der Waals surface area contributed by atoms with E-state index in [1.165, 1.54) is 24.0 Å². The zero-order valence-corrected chi connectivity index (χ0v) is 10.9. The van der Waals surface area contributed by atoms with Gasteiger partial charge in [-0.05, 0) is 25.0 Å². The number of carbonyl (C=O) groups excluding carboxylic acids is 1. The monoisotopic (exact) mass is 303 g/mol. The third kappa shape index (κ3) is 2.34. The van der Waals surface area contributed by atoms with Crippen LogP contribution < -0.4 is 4.90 Å². The van der Waals surface area contributed by atoms with Gasteiger partial charge in [-0.1, -0.05) is 15.9 Å². The summed E-state index contributed by atoms with van der Waals surface area (Å²) in [5.41, 5.74) is 0.288. The molecular formula is C12H12BrF2NO. The van der Waals surface area contributed by atoms with Crippen molar-refractivity contribution in [3.05, 3.63) is 29.3 Å². The van der Waals surface area contributed by atoms with Gasteiger partial charge in [0, 0.05) is 29.5 Å². The Bertz CT molecular complexity index is 441. The summed E-state index contributed by atoms with van der Waals surface area (Å²) in [6.45, 7) is 1.88. The molecule has 1 heterocycles. The Morgan fingerprint density at radius 2 is 2.00 bits per heavy atom. The Hall–Kier alpha value is -0.970. The van der Waals surface area contributed by atoms with Crippen LogP contribution in [0.4, 0.5) is 14.5 Å². The molecule has 1 aliphatic heterocycles. The molecule has 1 fully saturated rings. The van der Waals surface area contributed by atoms with E-state index in [1.54, 1.807) is 0 Å². The van der Waals surface area contributed by atoms with Crippen LogP contribution in [0.2, 0.25) is 0 Å². The van der Waals surface area contributed by atoms with Gasteiger partial charge in [-0.15, -0.1) is 0 Å². The summed E-state index contributed by atoms with van der Waals surface area (Å²) in [6, 6.07) is 2.43. The molecule has 2 nitrogen and oxygen atoms in total. The van der Waals surface area contributed by atoms with Crippen molar-refractivity contribution in [2.45, 2.75) is 13.3 Å². The topological polar surface area (TPSA) is 20.3 Å².